The number of hydrogen-bond acceptors (Lipinski definition) is 7. The Morgan fingerprint density at radius 1 is 1.19 bits per heavy atom. The Bertz CT molecular complexity index is 1520. The average molecular weight is 635 g/mol. The molecule has 1 aliphatic heterocycles. The molecule has 0 radical (unpaired) electrons. The van der Waals surface area contributed by atoms with Crippen LogP contribution in [-0.2, 0) is 9.53 Å². The summed E-state index contributed by atoms with van der Waals surface area (Å²) in [6.07, 6.45) is 1.81. The van der Waals surface area contributed by atoms with Gasteiger partial charge in [0.15, 0.2) is 4.80 Å². The number of anilines is 1. The monoisotopic (exact) mass is 633 g/mol. The standard InChI is InChI=1S/C26H25Br2N3O4S/c1-6-35-25(33)21-14(2)29-26-31(22(21)16-7-9-17(10-8-16)30(3)4)24(32)20(36-26)13-15-11-18(27)23(34-5)19(28)12-15/h7-13,22H,6H2,1-5H3/b20-13-/t22-/m1/s1. The van der Waals surface area contributed by atoms with Crippen LogP contribution >= 0.6 is 43.2 Å². The molecule has 0 unspecified atom stereocenters. The number of halogens is 2. The summed E-state index contributed by atoms with van der Waals surface area (Å²) in [6, 6.07) is 10.9. The first-order chi connectivity index (χ1) is 17.2. The highest BCUT2D eigenvalue weighted by atomic mass is 79.9. The quantitative estimate of drug-likeness (QED) is 0.376. The van der Waals surface area contributed by atoms with Crippen molar-refractivity contribution < 1.29 is 14.3 Å². The second-order valence-corrected chi connectivity index (χ2v) is 11.0. The number of allylic oxidation sites excluding steroid dienone is 1. The lowest BCUT2D eigenvalue weighted by Gasteiger charge is -2.25. The van der Waals surface area contributed by atoms with Crippen LogP contribution in [0.1, 0.15) is 31.0 Å². The van der Waals surface area contributed by atoms with Gasteiger partial charge in [-0.25, -0.2) is 9.79 Å². The molecule has 0 bridgehead atoms. The van der Waals surface area contributed by atoms with Crippen molar-refractivity contribution >= 4 is 60.9 Å². The highest BCUT2D eigenvalue weighted by Gasteiger charge is 2.33. The molecule has 1 atom stereocenters. The zero-order valence-corrected chi connectivity index (χ0v) is 24.5. The predicted octanol–water partition coefficient (Wildman–Crippen LogP) is 4.40. The Morgan fingerprint density at radius 2 is 1.83 bits per heavy atom. The SMILES string of the molecule is CCOC(=O)C1=C(C)N=c2s/c(=C\c3cc(Br)c(OC)c(Br)c3)c(=O)n2[C@@H]1c1ccc(N(C)C)cc1. The third-order valence-electron chi connectivity index (χ3n) is 5.76. The fourth-order valence-corrected chi connectivity index (χ4v) is 6.66. The molecule has 2 heterocycles. The number of carbonyl (C=O) groups excluding carboxylic acids is 1. The van der Waals surface area contributed by atoms with Gasteiger partial charge in [-0.15, -0.1) is 0 Å². The van der Waals surface area contributed by atoms with Crippen LogP contribution in [0.25, 0.3) is 6.08 Å². The molecule has 1 aliphatic rings. The van der Waals surface area contributed by atoms with E-state index in [1.54, 1.807) is 25.5 Å². The summed E-state index contributed by atoms with van der Waals surface area (Å²) in [6.45, 7) is 3.77. The minimum atomic E-state index is -0.645. The van der Waals surface area contributed by atoms with Crippen molar-refractivity contribution in [2.45, 2.75) is 19.9 Å². The second-order valence-electron chi connectivity index (χ2n) is 8.31. The van der Waals surface area contributed by atoms with Crippen LogP contribution in [0.4, 0.5) is 5.69 Å². The smallest absolute Gasteiger partial charge is 0.338 e. The van der Waals surface area contributed by atoms with E-state index in [0.29, 0.717) is 26.4 Å². The van der Waals surface area contributed by atoms with Crippen molar-refractivity contribution in [3.63, 3.8) is 0 Å². The maximum absolute atomic E-state index is 13.8. The first-order valence-corrected chi connectivity index (χ1v) is 13.6. The van der Waals surface area contributed by atoms with Gasteiger partial charge in [-0.05, 0) is 87.2 Å². The molecule has 3 aromatic rings. The van der Waals surface area contributed by atoms with Gasteiger partial charge in [0.2, 0.25) is 0 Å². The molecule has 0 fully saturated rings. The number of methoxy groups -OCH3 is 1. The van der Waals surface area contributed by atoms with Gasteiger partial charge in [0.1, 0.15) is 5.75 Å². The molecule has 0 spiro atoms. The van der Waals surface area contributed by atoms with E-state index in [0.717, 1.165) is 25.8 Å². The Hall–Kier alpha value is -2.69. The minimum absolute atomic E-state index is 0.224. The topological polar surface area (TPSA) is 73.1 Å². The van der Waals surface area contributed by atoms with E-state index in [4.69, 9.17) is 9.47 Å². The number of thiazole rings is 1. The summed E-state index contributed by atoms with van der Waals surface area (Å²) in [5.74, 6) is 0.196. The maximum Gasteiger partial charge on any atom is 0.338 e. The fraction of sp³-hybridized carbons (Fsp3) is 0.269. The Balaban J connectivity index is 1.93. The van der Waals surface area contributed by atoms with E-state index < -0.39 is 12.0 Å². The first kappa shape index (κ1) is 26.4. The molecular weight excluding hydrogens is 610 g/mol. The maximum atomic E-state index is 13.8. The summed E-state index contributed by atoms with van der Waals surface area (Å²) in [7, 11) is 5.52. The van der Waals surface area contributed by atoms with Gasteiger partial charge in [-0.2, -0.15) is 0 Å². The number of benzene rings is 2. The summed E-state index contributed by atoms with van der Waals surface area (Å²) < 4.78 is 14.4. The van der Waals surface area contributed by atoms with E-state index in [9.17, 15) is 9.59 Å². The van der Waals surface area contributed by atoms with Crippen molar-refractivity contribution in [2.24, 2.45) is 4.99 Å². The number of hydrogen-bond donors (Lipinski definition) is 0. The van der Waals surface area contributed by atoms with Crippen LogP contribution in [0.3, 0.4) is 0 Å². The number of ether oxygens (including phenoxy) is 2. The minimum Gasteiger partial charge on any atom is -0.494 e. The molecule has 10 heteroatoms. The largest absolute Gasteiger partial charge is 0.494 e. The molecular formula is C26H25Br2N3O4S. The normalized spacial score (nSPS) is 15.4. The van der Waals surface area contributed by atoms with Crippen LogP contribution < -0.4 is 24.5 Å². The highest BCUT2D eigenvalue weighted by molar-refractivity contribution is 9.11. The van der Waals surface area contributed by atoms with Crippen molar-refractivity contribution in [3.8, 4) is 5.75 Å². The van der Waals surface area contributed by atoms with Crippen LogP contribution in [-0.4, -0.2) is 38.3 Å². The molecule has 0 saturated heterocycles. The second kappa shape index (κ2) is 10.7. The van der Waals surface area contributed by atoms with Crippen molar-refractivity contribution in [1.82, 2.24) is 4.57 Å². The van der Waals surface area contributed by atoms with E-state index >= 15 is 0 Å². The number of carbonyl (C=O) groups is 1. The van der Waals surface area contributed by atoms with Crippen LogP contribution in [0, 0.1) is 0 Å². The molecule has 0 saturated carbocycles. The third kappa shape index (κ3) is 4.94. The van der Waals surface area contributed by atoms with Gasteiger partial charge < -0.3 is 14.4 Å². The molecule has 36 heavy (non-hydrogen) atoms. The number of aromatic nitrogens is 1. The highest BCUT2D eigenvalue weighted by Crippen LogP contribution is 2.35. The lowest BCUT2D eigenvalue weighted by Crippen LogP contribution is -2.39. The summed E-state index contributed by atoms with van der Waals surface area (Å²) in [5.41, 5.74) is 3.31. The van der Waals surface area contributed by atoms with Crippen LogP contribution in [0.5, 0.6) is 5.75 Å². The van der Waals surface area contributed by atoms with Gasteiger partial charge >= 0.3 is 5.97 Å². The lowest BCUT2D eigenvalue weighted by molar-refractivity contribution is -0.139. The molecule has 0 N–H and O–H groups in total. The van der Waals surface area contributed by atoms with E-state index in [-0.39, 0.29) is 12.2 Å². The summed E-state index contributed by atoms with van der Waals surface area (Å²) >= 11 is 8.32. The molecule has 4 rings (SSSR count). The zero-order valence-electron chi connectivity index (χ0n) is 20.5. The van der Waals surface area contributed by atoms with E-state index in [1.165, 1.54) is 11.3 Å². The molecule has 0 aliphatic carbocycles. The number of fused-ring (bicyclic) bond motifs is 1. The average Bonchev–Trinajstić information content (AvgIpc) is 3.12. The molecule has 2 aromatic carbocycles. The fourth-order valence-electron chi connectivity index (χ4n) is 4.07. The Kier molecular flexibility index (Phi) is 7.87. The number of rotatable bonds is 6. The Morgan fingerprint density at radius 3 is 2.39 bits per heavy atom. The molecule has 1 aromatic heterocycles. The van der Waals surface area contributed by atoms with Gasteiger partial charge in [0, 0.05) is 19.8 Å². The van der Waals surface area contributed by atoms with E-state index in [1.807, 2.05) is 61.5 Å². The number of nitrogens with zero attached hydrogens (tertiary/aromatic N) is 3. The Labute approximate surface area is 229 Å². The summed E-state index contributed by atoms with van der Waals surface area (Å²) in [5, 5.41) is 0. The zero-order chi connectivity index (χ0) is 26.1. The molecule has 0 amide bonds. The van der Waals surface area contributed by atoms with Crippen molar-refractivity contribution in [1.29, 1.82) is 0 Å². The summed E-state index contributed by atoms with van der Waals surface area (Å²) in [4.78, 5) is 33.9. The van der Waals surface area contributed by atoms with Gasteiger partial charge in [0.05, 0.1) is 44.5 Å². The van der Waals surface area contributed by atoms with Gasteiger partial charge in [0.25, 0.3) is 5.56 Å². The molecule has 188 valence electrons. The first-order valence-electron chi connectivity index (χ1n) is 11.2. The van der Waals surface area contributed by atoms with Crippen LogP contribution in [0.15, 0.2) is 66.4 Å². The molecule has 7 nitrogen and oxygen atoms in total. The third-order valence-corrected chi connectivity index (χ3v) is 7.93. The van der Waals surface area contributed by atoms with E-state index in [2.05, 4.69) is 36.9 Å². The van der Waals surface area contributed by atoms with Crippen LogP contribution in [0.2, 0.25) is 0 Å². The van der Waals surface area contributed by atoms with Crippen molar-refractivity contribution in [3.05, 3.63) is 87.4 Å². The van der Waals surface area contributed by atoms with Gasteiger partial charge in [-0.1, -0.05) is 23.5 Å². The number of esters is 1. The lowest BCUT2D eigenvalue weighted by atomic mass is 9.95. The van der Waals surface area contributed by atoms with Crippen molar-refractivity contribution in [2.75, 3.05) is 32.7 Å². The van der Waals surface area contributed by atoms with Gasteiger partial charge in [-0.3, -0.25) is 9.36 Å². The predicted molar refractivity (Wildman–Crippen MR) is 150 cm³/mol.